The molecule has 0 aliphatic heterocycles. The van der Waals surface area contributed by atoms with Gasteiger partial charge in [-0.05, 0) is 35.4 Å². The number of carbonyl (C=O) groups excluding carboxylic acids is 1. The third-order valence-electron chi connectivity index (χ3n) is 4.44. The molecule has 3 aromatic rings. The average molecular weight is 392 g/mol. The lowest BCUT2D eigenvalue weighted by molar-refractivity contribution is -0.123. The number of nitrogens with zero attached hydrogens (tertiary/aromatic N) is 2. The second kappa shape index (κ2) is 10.2. The summed E-state index contributed by atoms with van der Waals surface area (Å²) in [5.41, 5.74) is 2.62. The highest BCUT2D eigenvalue weighted by Crippen LogP contribution is 2.30. The summed E-state index contributed by atoms with van der Waals surface area (Å²) < 4.78 is 10.8. The number of aromatic nitrogens is 2. The molecule has 1 atom stereocenters. The van der Waals surface area contributed by atoms with Gasteiger partial charge in [0.2, 0.25) is 5.91 Å². The van der Waals surface area contributed by atoms with Gasteiger partial charge in [-0.1, -0.05) is 12.1 Å². The Balaban J connectivity index is 1.81. The Morgan fingerprint density at radius 2 is 1.66 bits per heavy atom. The third kappa shape index (κ3) is 5.52. The minimum Gasteiger partial charge on any atom is -0.497 e. The lowest BCUT2D eigenvalue weighted by Gasteiger charge is -2.21. The number of hydrogen-bond donors (Lipinski definition) is 2. The van der Waals surface area contributed by atoms with Crippen LogP contribution in [0.1, 0.15) is 22.7 Å². The highest BCUT2D eigenvalue weighted by molar-refractivity contribution is 5.84. The van der Waals surface area contributed by atoms with Crippen molar-refractivity contribution in [2.24, 2.45) is 0 Å². The molecular formula is C22H24N4O3. The summed E-state index contributed by atoms with van der Waals surface area (Å²) in [4.78, 5) is 21.3. The number of hydrogen-bond acceptors (Lipinski definition) is 6. The van der Waals surface area contributed by atoms with Crippen molar-refractivity contribution in [3.8, 4) is 11.5 Å². The standard InChI is InChI=1S/C22H24N4O3/c1-28-18-7-8-19(20(11-18)29-2)21(25-14-16-5-3-9-23-12-16)22(27)26-15-17-6-4-10-24-13-17/h3-13,21,25H,14-15H2,1-2H3,(H,26,27). The van der Waals surface area contributed by atoms with E-state index in [1.54, 1.807) is 45.1 Å². The van der Waals surface area contributed by atoms with Crippen LogP contribution in [0.2, 0.25) is 0 Å². The van der Waals surface area contributed by atoms with Crippen LogP contribution < -0.4 is 20.1 Å². The fourth-order valence-electron chi connectivity index (χ4n) is 2.92. The van der Waals surface area contributed by atoms with Gasteiger partial charge in [-0.15, -0.1) is 0 Å². The van der Waals surface area contributed by atoms with E-state index < -0.39 is 6.04 Å². The second-order valence-electron chi connectivity index (χ2n) is 6.36. The quantitative estimate of drug-likeness (QED) is 0.582. The molecule has 2 aromatic heterocycles. The largest absolute Gasteiger partial charge is 0.497 e. The second-order valence-corrected chi connectivity index (χ2v) is 6.36. The molecule has 0 aliphatic carbocycles. The van der Waals surface area contributed by atoms with E-state index in [1.165, 1.54) is 0 Å². The Hall–Kier alpha value is -3.45. The highest BCUT2D eigenvalue weighted by Gasteiger charge is 2.24. The Bertz CT molecular complexity index is 920. The van der Waals surface area contributed by atoms with E-state index in [1.807, 2.05) is 36.4 Å². The van der Waals surface area contributed by atoms with Crippen molar-refractivity contribution in [2.75, 3.05) is 14.2 Å². The molecule has 0 bridgehead atoms. The Labute approximate surface area is 170 Å². The third-order valence-corrected chi connectivity index (χ3v) is 4.44. The van der Waals surface area contributed by atoms with Gasteiger partial charge >= 0.3 is 0 Å². The van der Waals surface area contributed by atoms with Gasteiger partial charge in [0.25, 0.3) is 0 Å². The predicted molar refractivity (Wildman–Crippen MR) is 109 cm³/mol. The van der Waals surface area contributed by atoms with Crippen LogP contribution in [0.4, 0.5) is 0 Å². The maximum Gasteiger partial charge on any atom is 0.242 e. The van der Waals surface area contributed by atoms with E-state index in [4.69, 9.17) is 9.47 Å². The number of pyridine rings is 2. The van der Waals surface area contributed by atoms with Gasteiger partial charge in [0, 0.05) is 49.5 Å². The van der Waals surface area contributed by atoms with Crippen molar-refractivity contribution in [3.63, 3.8) is 0 Å². The van der Waals surface area contributed by atoms with Gasteiger partial charge in [-0.2, -0.15) is 0 Å². The zero-order valence-electron chi connectivity index (χ0n) is 16.5. The van der Waals surface area contributed by atoms with Crippen LogP contribution in [0, 0.1) is 0 Å². The molecule has 0 aliphatic rings. The van der Waals surface area contributed by atoms with Crippen LogP contribution in [-0.4, -0.2) is 30.1 Å². The van der Waals surface area contributed by atoms with Gasteiger partial charge in [-0.3, -0.25) is 20.1 Å². The minimum atomic E-state index is -0.618. The maximum atomic E-state index is 13.1. The summed E-state index contributed by atoms with van der Waals surface area (Å²) in [5, 5.41) is 6.28. The summed E-state index contributed by atoms with van der Waals surface area (Å²) in [6.07, 6.45) is 6.91. The van der Waals surface area contributed by atoms with E-state index in [0.29, 0.717) is 24.6 Å². The average Bonchev–Trinajstić information content (AvgIpc) is 2.79. The molecule has 1 unspecified atom stereocenters. The smallest absolute Gasteiger partial charge is 0.242 e. The first-order valence-corrected chi connectivity index (χ1v) is 9.22. The number of nitrogens with one attached hydrogen (secondary N) is 2. The Morgan fingerprint density at radius 1 is 0.966 bits per heavy atom. The molecule has 0 saturated carbocycles. The number of carbonyl (C=O) groups is 1. The Morgan fingerprint density at radius 3 is 2.24 bits per heavy atom. The van der Waals surface area contributed by atoms with E-state index in [0.717, 1.165) is 16.7 Å². The van der Waals surface area contributed by atoms with E-state index in [-0.39, 0.29) is 5.91 Å². The Kier molecular flexibility index (Phi) is 7.13. The molecule has 1 amide bonds. The van der Waals surface area contributed by atoms with E-state index in [2.05, 4.69) is 20.6 Å². The van der Waals surface area contributed by atoms with Gasteiger partial charge in [0.05, 0.1) is 14.2 Å². The fraction of sp³-hybridized carbons (Fsp3) is 0.227. The maximum absolute atomic E-state index is 13.1. The van der Waals surface area contributed by atoms with Gasteiger partial charge in [-0.25, -0.2) is 0 Å². The number of rotatable bonds is 9. The lowest BCUT2D eigenvalue weighted by Crippen LogP contribution is -2.37. The zero-order chi connectivity index (χ0) is 20.5. The first-order chi connectivity index (χ1) is 14.2. The summed E-state index contributed by atoms with van der Waals surface area (Å²) in [7, 11) is 3.16. The minimum absolute atomic E-state index is 0.166. The zero-order valence-corrected chi connectivity index (χ0v) is 16.5. The summed E-state index contributed by atoms with van der Waals surface area (Å²) >= 11 is 0. The molecule has 7 nitrogen and oxygen atoms in total. The first-order valence-electron chi connectivity index (χ1n) is 9.22. The predicted octanol–water partition coefficient (Wildman–Crippen LogP) is 2.64. The van der Waals surface area contributed by atoms with Crippen molar-refractivity contribution in [3.05, 3.63) is 83.9 Å². The lowest BCUT2D eigenvalue weighted by atomic mass is 10.0. The summed E-state index contributed by atoms with van der Waals surface area (Å²) in [6, 6.07) is 12.4. The van der Waals surface area contributed by atoms with E-state index >= 15 is 0 Å². The van der Waals surface area contributed by atoms with Crippen LogP contribution in [0.25, 0.3) is 0 Å². The molecule has 0 spiro atoms. The highest BCUT2D eigenvalue weighted by atomic mass is 16.5. The summed E-state index contributed by atoms with van der Waals surface area (Å²) in [6.45, 7) is 0.865. The van der Waals surface area contributed by atoms with Crippen LogP contribution in [0.5, 0.6) is 11.5 Å². The van der Waals surface area contributed by atoms with Crippen molar-refractivity contribution in [2.45, 2.75) is 19.1 Å². The number of benzene rings is 1. The monoisotopic (exact) mass is 392 g/mol. The molecule has 0 radical (unpaired) electrons. The molecular weight excluding hydrogens is 368 g/mol. The number of methoxy groups -OCH3 is 2. The molecule has 1 aromatic carbocycles. The van der Waals surface area contributed by atoms with Gasteiger partial charge < -0.3 is 14.8 Å². The number of amides is 1. The van der Waals surface area contributed by atoms with Crippen LogP contribution in [-0.2, 0) is 17.9 Å². The fourth-order valence-corrected chi connectivity index (χ4v) is 2.92. The van der Waals surface area contributed by atoms with Crippen LogP contribution in [0.15, 0.2) is 67.3 Å². The summed E-state index contributed by atoms with van der Waals surface area (Å²) in [5.74, 6) is 1.07. The van der Waals surface area contributed by atoms with Gasteiger partial charge in [0.15, 0.2) is 0 Å². The van der Waals surface area contributed by atoms with Crippen molar-refractivity contribution < 1.29 is 14.3 Å². The molecule has 7 heteroatoms. The SMILES string of the molecule is COc1ccc(C(NCc2cccnc2)C(=O)NCc2cccnc2)c(OC)c1. The molecule has 29 heavy (non-hydrogen) atoms. The molecule has 0 saturated heterocycles. The molecule has 2 N–H and O–H groups in total. The van der Waals surface area contributed by atoms with E-state index in [9.17, 15) is 4.79 Å². The molecule has 150 valence electrons. The first kappa shape index (κ1) is 20.3. The van der Waals surface area contributed by atoms with Crippen molar-refractivity contribution in [1.29, 1.82) is 0 Å². The van der Waals surface area contributed by atoms with Gasteiger partial charge in [0.1, 0.15) is 17.5 Å². The van der Waals surface area contributed by atoms with Crippen molar-refractivity contribution >= 4 is 5.91 Å². The normalized spacial score (nSPS) is 11.5. The van der Waals surface area contributed by atoms with Crippen LogP contribution in [0.3, 0.4) is 0 Å². The topological polar surface area (TPSA) is 85.4 Å². The van der Waals surface area contributed by atoms with Crippen molar-refractivity contribution in [1.82, 2.24) is 20.6 Å². The molecule has 2 heterocycles. The number of ether oxygens (including phenoxy) is 2. The van der Waals surface area contributed by atoms with Crippen LogP contribution >= 0.6 is 0 Å². The molecule has 0 fully saturated rings. The molecule has 3 rings (SSSR count).